The van der Waals surface area contributed by atoms with Crippen LogP contribution in [0.1, 0.15) is 17.2 Å². The lowest BCUT2D eigenvalue weighted by molar-refractivity contribution is 0.276. The molecule has 3 aromatic rings. The Balaban J connectivity index is 1.84. The Hall–Kier alpha value is -2.54. The number of hydrogen-bond acceptors (Lipinski definition) is 6. The van der Waals surface area contributed by atoms with Crippen molar-refractivity contribution < 1.29 is 5.11 Å². The van der Waals surface area contributed by atoms with Gasteiger partial charge in [0.25, 0.3) is 0 Å². The fraction of sp³-hybridized carbons (Fsp3) is 0.231. The highest BCUT2D eigenvalue weighted by Gasteiger charge is 2.07. The van der Waals surface area contributed by atoms with Crippen LogP contribution >= 0.6 is 0 Å². The lowest BCUT2D eigenvalue weighted by Crippen LogP contribution is -2.07. The number of aromatic amines is 1. The number of H-pyrrole nitrogens is 1. The normalized spacial score (nSPS) is 10.9. The Kier molecular flexibility index (Phi) is 3.26. The molecule has 0 spiro atoms. The number of nitrogens with one attached hydrogen (secondary N) is 2. The zero-order valence-electron chi connectivity index (χ0n) is 11.0. The third-order valence-corrected chi connectivity index (χ3v) is 2.86. The van der Waals surface area contributed by atoms with Crippen molar-refractivity contribution in [3.8, 4) is 0 Å². The smallest absolute Gasteiger partial charge is 0.143 e. The summed E-state index contributed by atoms with van der Waals surface area (Å²) in [6.45, 7) is 2.21. The Labute approximate surface area is 115 Å². The molecule has 0 bridgehead atoms. The molecular weight excluding hydrogens is 256 g/mol. The highest BCUT2D eigenvalue weighted by molar-refractivity contribution is 5.86. The predicted octanol–water partition coefficient (Wildman–Crippen LogP) is 1.16. The second-order valence-corrected chi connectivity index (χ2v) is 4.37. The molecule has 0 saturated carbocycles. The van der Waals surface area contributed by atoms with Crippen molar-refractivity contribution >= 4 is 16.9 Å². The van der Waals surface area contributed by atoms with Crippen molar-refractivity contribution in [3.63, 3.8) is 0 Å². The number of rotatable bonds is 4. The zero-order chi connectivity index (χ0) is 13.9. The first-order valence-electron chi connectivity index (χ1n) is 6.22. The Morgan fingerprint density at radius 3 is 2.90 bits per heavy atom. The van der Waals surface area contributed by atoms with Gasteiger partial charge in [0.15, 0.2) is 0 Å². The molecule has 3 aromatic heterocycles. The van der Waals surface area contributed by atoms with Gasteiger partial charge in [0.1, 0.15) is 17.3 Å². The Morgan fingerprint density at radius 1 is 1.20 bits per heavy atom. The highest BCUT2D eigenvalue weighted by Crippen LogP contribution is 2.19. The van der Waals surface area contributed by atoms with Gasteiger partial charge < -0.3 is 15.4 Å². The van der Waals surface area contributed by atoms with E-state index in [0.717, 1.165) is 22.5 Å². The van der Waals surface area contributed by atoms with E-state index >= 15 is 0 Å². The maximum absolute atomic E-state index is 9.05. The minimum atomic E-state index is -0.116. The summed E-state index contributed by atoms with van der Waals surface area (Å²) in [7, 11) is 0. The van der Waals surface area contributed by atoms with Crippen LogP contribution in [0, 0.1) is 6.92 Å². The van der Waals surface area contributed by atoms with Gasteiger partial charge in [0, 0.05) is 6.20 Å². The van der Waals surface area contributed by atoms with Gasteiger partial charge in [0.2, 0.25) is 0 Å². The number of anilines is 1. The van der Waals surface area contributed by atoms with Gasteiger partial charge in [-0.3, -0.25) is 9.97 Å². The Morgan fingerprint density at radius 2 is 2.05 bits per heavy atom. The molecule has 0 unspecified atom stereocenters. The number of aliphatic hydroxyl groups excluding tert-OH is 1. The van der Waals surface area contributed by atoms with Crippen molar-refractivity contribution in [2.75, 3.05) is 5.32 Å². The molecule has 20 heavy (non-hydrogen) atoms. The van der Waals surface area contributed by atoms with E-state index in [1.807, 2.05) is 19.2 Å². The van der Waals surface area contributed by atoms with Gasteiger partial charge in [0.05, 0.1) is 42.3 Å². The van der Waals surface area contributed by atoms with E-state index in [4.69, 9.17) is 5.11 Å². The first kappa shape index (κ1) is 12.5. The average Bonchev–Trinajstić information content (AvgIpc) is 2.93. The molecule has 7 heteroatoms. The molecule has 0 radical (unpaired) electrons. The van der Waals surface area contributed by atoms with Crippen molar-refractivity contribution in [2.24, 2.45) is 0 Å². The molecule has 0 saturated heterocycles. The first-order valence-corrected chi connectivity index (χ1v) is 6.22. The molecular formula is C13H14N6O. The van der Waals surface area contributed by atoms with Gasteiger partial charge in [-0.25, -0.2) is 9.97 Å². The van der Waals surface area contributed by atoms with Crippen LogP contribution in [0.2, 0.25) is 0 Å². The van der Waals surface area contributed by atoms with E-state index in [1.54, 1.807) is 12.4 Å². The van der Waals surface area contributed by atoms with Crippen LogP contribution in [0.4, 0.5) is 5.82 Å². The largest absolute Gasteiger partial charge is 0.390 e. The maximum Gasteiger partial charge on any atom is 0.143 e. The fourth-order valence-electron chi connectivity index (χ4n) is 1.97. The lowest BCUT2D eigenvalue weighted by atomic mass is 10.3. The predicted molar refractivity (Wildman–Crippen MR) is 73.9 cm³/mol. The molecule has 0 aromatic carbocycles. The van der Waals surface area contributed by atoms with Crippen molar-refractivity contribution in [3.05, 3.63) is 41.9 Å². The van der Waals surface area contributed by atoms with Gasteiger partial charge in [-0.15, -0.1) is 0 Å². The molecule has 3 heterocycles. The second kappa shape index (κ2) is 5.22. The van der Waals surface area contributed by atoms with Crippen LogP contribution in [-0.4, -0.2) is 30.0 Å². The average molecular weight is 270 g/mol. The molecule has 0 aliphatic rings. The van der Waals surface area contributed by atoms with Crippen molar-refractivity contribution in [1.29, 1.82) is 0 Å². The molecule has 3 rings (SSSR count). The number of aryl methyl sites for hydroxylation is 1. The molecule has 0 atom stereocenters. The zero-order valence-corrected chi connectivity index (χ0v) is 11.0. The van der Waals surface area contributed by atoms with Crippen LogP contribution < -0.4 is 5.32 Å². The first-order chi connectivity index (χ1) is 9.76. The van der Waals surface area contributed by atoms with Crippen LogP contribution in [0.15, 0.2) is 24.7 Å². The number of aliphatic hydroxyl groups is 1. The summed E-state index contributed by atoms with van der Waals surface area (Å²) in [6, 6.07) is 1.92. The summed E-state index contributed by atoms with van der Waals surface area (Å²) in [5.41, 5.74) is 2.10. The molecule has 0 aliphatic carbocycles. The molecule has 0 fully saturated rings. The lowest BCUT2D eigenvalue weighted by Gasteiger charge is -2.07. The van der Waals surface area contributed by atoms with E-state index in [-0.39, 0.29) is 6.61 Å². The summed E-state index contributed by atoms with van der Waals surface area (Å²) < 4.78 is 0. The molecule has 3 N–H and O–H groups in total. The van der Waals surface area contributed by atoms with Crippen molar-refractivity contribution in [1.82, 2.24) is 24.9 Å². The fourth-order valence-corrected chi connectivity index (χ4v) is 1.97. The molecule has 102 valence electrons. The third kappa shape index (κ3) is 2.43. The van der Waals surface area contributed by atoms with E-state index < -0.39 is 0 Å². The number of fused-ring (bicyclic) bond motifs is 1. The molecule has 0 aliphatic heterocycles. The topological polar surface area (TPSA) is 99.6 Å². The molecule has 0 amide bonds. The molecule has 7 nitrogen and oxygen atoms in total. The minimum Gasteiger partial charge on any atom is -0.390 e. The van der Waals surface area contributed by atoms with Gasteiger partial charge in [-0.2, -0.15) is 0 Å². The Bertz CT molecular complexity index is 739. The van der Waals surface area contributed by atoms with E-state index in [0.29, 0.717) is 18.1 Å². The number of aromatic nitrogens is 5. The van der Waals surface area contributed by atoms with Gasteiger partial charge in [-0.05, 0) is 13.0 Å². The summed E-state index contributed by atoms with van der Waals surface area (Å²) in [5.74, 6) is 1.45. The number of hydrogen-bond donors (Lipinski definition) is 3. The SMILES string of the molecule is Cc1nc(NCc2cncc(CO)n2)c2cc[nH]c2n1. The van der Waals surface area contributed by atoms with E-state index in [1.165, 1.54) is 0 Å². The minimum absolute atomic E-state index is 0.116. The van der Waals surface area contributed by atoms with Crippen LogP contribution in [-0.2, 0) is 13.2 Å². The van der Waals surface area contributed by atoms with E-state index in [2.05, 4.69) is 30.2 Å². The quantitative estimate of drug-likeness (QED) is 0.658. The van der Waals surface area contributed by atoms with E-state index in [9.17, 15) is 0 Å². The maximum atomic E-state index is 9.05. The van der Waals surface area contributed by atoms with Crippen LogP contribution in [0.3, 0.4) is 0 Å². The highest BCUT2D eigenvalue weighted by atomic mass is 16.3. The van der Waals surface area contributed by atoms with Crippen LogP contribution in [0.25, 0.3) is 11.0 Å². The third-order valence-electron chi connectivity index (χ3n) is 2.86. The monoisotopic (exact) mass is 270 g/mol. The van der Waals surface area contributed by atoms with Crippen LogP contribution in [0.5, 0.6) is 0 Å². The summed E-state index contributed by atoms with van der Waals surface area (Å²) in [4.78, 5) is 20.1. The number of nitrogens with zero attached hydrogens (tertiary/aromatic N) is 4. The van der Waals surface area contributed by atoms with Crippen molar-refractivity contribution in [2.45, 2.75) is 20.1 Å². The summed E-state index contributed by atoms with van der Waals surface area (Å²) in [5, 5.41) is 13.2. The summed E-state index contributed by atoms with van der Waals surface area (Å²) >= 11 is 0. The standard InChI is InChI=1S/C13H14N6O/c1-8-17-12-11(2-3-15-12)13(18-8)16-6-9-4-14-5-10(7-20)19-9/h2-5,20H,6-7H2,1H3,(H2,15,16,17,18). The second-order valence-electron chi connectivity index (χ2n) is 4.37. The van der Waals surface area contributed by atoms with Gasteiger partial charge >= 0.3 is 0 Å². The summed E-state index contributed by atoms with van der Waals surface area (Å²) in [6.07, 6.45) is 5.04. The van der Waals surface area contributed by atoms with Gasteiger partial charge in [-0.1, -0.05) is 0 Å².